The zero-order valence-corrected chi connectivity index (χ0v) is 15.5. The van der Waals surface area contributed by atoms with Crippen molar-refractivity contribution in [3.8, 4) is 0 Å². The van der Waals surface area contributed by atoms with Crippen LogP contribution in [-0.2, 0) is 17.8 Å². The molecule has 3 nitrogen and oxygen atoms in total. The number of hydrogen-bond donors (Lipinski definition) is 1. The highest BCUT2D eigenvalue weighted by Crippen LogP contribution is 2.44. The van der Waals surface area contributed by atoms with Crippen LogP contribution in [0.15, 0.2) is 30.3 Å². The topological polar surface area (TPSA) is 32.3 Å². The zero-order chi connectivity index (χ0) is 20.8. The number of benzene rings is 2. The third kappa shape index (κ3) is 4.06. The molecule has 0 saturated heterocycles. The molecule has 1 aliphatic heterocycles. The second-order valence-corrected chi connectivity index (χ2v) is 7.72. The highest BCUT2D eigenvalue weighted by Gasteiger charge is 2.45. The van der Waals surface area contributed by atoms with Crippen molar-refractivity contribution in [3.05, 3.63) is 58.9 Å². The molecule has 4 rings (SSSR count). The van der Waals surface area contributed by atoms with Gasteiger partial charge < -0.3 is 10.2 Å². The number of fused-ring (bicyclic) bond motifs is 1. The van der Waals surface area contributed by atoms with Gasteiger partial charge >= 0.3 is 0 Å². The predicted molar refractivity (Wildman–Crippen MR) is 98.4 cm³/mol. The Morgan fingerprint density at radius 3 is 2.48 bits per heavy atom. The lowest BCUT2D eigenvalue weighted by Crippen LogP contribution is -2.37. The van der Waals surface area contributed by atoms with Gasteiger partial charge in [-0.2, -0.15) is 0 Å². The Morgan fingerprint density at radius 1 is 1.14 bits per heavy atom. The van der Waals surface area contributed by atoms with Crippen LogP contribution in [0.5, 0.6) is 0 Å². The number of anilines is 2. The molecule has 1 amide bonds. The second-order valence-electron chi connectivity index (χ2n) is 7.72. The van der Waals surface area contributed by atoms with E-state index in [1.54, 1.807) is 12.1 Å². The van der Waals surface area contributed by atoms with E-state index in [1.807, 2.05) is 4.90 Å². The van der Waals surface area contributed by atoms with Gasteiger partial charge in [-0.05, 0) is 48.2 Å². The average Bonchev–Trinajstić information content (AvgIpc) is 2.64. The lowest BCUT2D eigenvalue weighted by atomic mass is 9.79. The molecule has 2 aliphatic rings. The van der Waals surface area contributed by atoms with Crippen molar-refractivity contribution in [2.45, 2.75) is 38.2 Å². The van der Waals surface area contributed by atoms with Gasteiger partial charge in [0.05, 0.1) is 0 Å². The molecule has 1 saturated carbocycles. The van der Waals surface area contributed by atoms with Crippen LogP contribution < -0.4 is 10.2 Å². The van der Waals surface area contributed by atoms with Gasteiger partial charge in [-0.15, -0.1) is 0 Å². The summed E-state index contributed by atoms with van der Waals surface area (Å²) in [5.41, 5.74) is 0.917. The number of nitrogens with one attached hydrogen (secondary N) is 1. The molecule has 0 spiro atoms. The Labute approximate surface area is 164 Å². The van der Waals surface area contributed by atoms with E-state index in [1.165, 1.54) is 18.2 Å². The molecule has 2 aromatic rings. The number of amides is 1. The van der Waals surface area contributed by atoms with E-state index in [4.69, 9.17) is 0 Å². The highest BCUT2D eigenvalue weighted by molar-refractivity contribution is 5.91. The van der Waals surface area contributed by atoms with Gasteiger partial charge in [0.15, 0.2) is 5.82 Å². The van der Waals surface area contributed by atoms with Gasteiger partial charge in [0.25, 0.3) is 0 Å². The monoisotopic (exact) mass is 410 g/mol. The number of carbonyl (C=O) groups excluding carboxylic acids is 1. The lowest BCUT2D eigenvalue weighted by molar-refractivity contribution is -0.129. The number of halogens is 5. The number of nitrogens with zero attached hydrogens (tertiary/aromatic N) is 1. The second kappa shape index (κ2) is 7.31. The van der Waals surface area contributed by atoms with Gasteiger partial charge in [0.2, 0.25) is 11.8 Å². The zero-order valence-electron chi connectivity index (χ0n) is 15.5. The Kier molecular flexibility index (Phi) is 4.96. The maximum Gasteiger partial charge on any atom is 0.248 e. The molecule has 1 heterocycles. The largest absolute Gasteiger partial charge is 0.367 e. The van der Waals surface area contributed by atoms with E-state index < -0.39 is 35.1 Å². The SMILES string of the molecule is O=C(CC1CC(F)(F)C1)Nc1c(F)cc2c(c1F)CN(c1ccc(F)cc1)CC2. The first-order valence-corrected chi connectivity index (χ1v) is 9.40. The summed E-state index contributed by atoms with van der Waals surface area (Å²) in [6.07, 6.45) is -0.580. The van der Waals surface area contributed by atoms with Crippen LogP contribution in [0.25, 0.3) is 0 Å². The minimum Gasteiger partial charge on any atom is -0.367 e. The molecule has 0 aromatic heterocycles. The van der Waals surface area contributed by atoms with Gasteiger partial charge in [0, 0.05) is 43.6 Å². The van der Waals surface area contributed by atoms with Gasteiger partial charge in [-0.25, -0.2) is 22.0 Å². The minimum atomic E-state index is -2.75. The fourth-order valence-electron chi connectivity index (χ4n) is 4.00. The van der Waals surface area contributed by atoms with Crippen molar-refractivity contribution in [3.63, 3.8) is 0 Å². The fourth-order valence-corrected chi connectivity index (χ4v) is 4.00. The van der Waals surface area contributed by atoms with Crippen LogP contribution in [0.2, 0.25) is 0 Å². The molecule has 0 unspecified atom stereocenters. The van der Waals surface area contributed by atoms with Gasteiger partial charge in [0.1, 0.15) is 17.3 Å². The third-order valence-electron chi connectivity index (χ3n) is 5.52. The minimum absolute atomic E-state index is 0.144. The molecular weight excluding hydrogens is 391 g/mol. The normalized spacial score (nSPS) is 18.2. The summed E-state index contributed by atoms with van der Waals surface area (Å²) in [7, 11) is 0. The molecule has 1 N–H and O–H groups in total. The first kappa shape index (κ1) is 19.7. The summed E-state index contributed by atoms with van der Waals surface area (Å²) >= 11 is 0. The van der Waals surface area contributed by atoms with Gasteiger partial charge in [-0.1, -0.05) is 0 Å². The van der Waals surface area contributed by atoms with Crippen molar-refractivity contribution in [1.29, 1.82) is 0 Å². The molecule has 0 atom stereocenters. The van der Waals surface area contributed by atoms with E-state index >= 15 is 4.39 Å². The Balaban J connectivity index is 1.51. The van der Waals surface area contributed by atoms with Crippen LogP contribution in [0, 0.1) is 23.4 Å². The van der Waals surface area contributed by atoms with Crippen molar-refractivity contribution in [2.75, 3.05) is 16.8 Å². The summed E-state index contributed by atoms with van der Waals surface area (Å²) in [5, 5.41) is 2.22. The van der Waals surface area contributed by atoms with Crippen molar-refractivity contribution in [2.24, 2.45) is 5.92 Å². The number of alkyl halides is 2. The Hall–Kier alpha value is -2.64. The predicted octanol–water partition coefficient (Wildman–Crippen LogP) is 5.04. The van der Waals surface area contributed by atoms with Crippen molar-refractivity contribution >= 4 is 17.3 Å². The summed E-state index contributed by atoms with van der Waals surface area (Å²) < 4.78 is 68.4. The standard InChI is InChI=1S/C21H19F5N2O/c22-14-1-3-15(4-2-14)28-6-5-13-8-17(23)20(19(24)16(13)11-28)27-18(29)7-12-9-21(25,26)10-12/h1-4,8,12H,5-7,9-11H2,(H,27,29). The van der Waals surface area contributed by atoms with Crippen LogP contribution >= 0.6 is 0 Å². The maximum atomic E-state index is 15.0. The molecular formula is C21H19F5N2O. The smallest absolute Gasteiger partial charge is 0.248 e. The third-order valence-corrected chi connectivity index (χ3v) is 5.52. The van der Waals surface area contributed by atoms with E-state index in [0.29, 0.717) is 24.2 Å². The molecule has 154 valence electrons. The molecule has 0 radical (unpaired) electrons. The van der Waals surface area contributed by atoms with E-state index in [0.717, 1.165) is 0 Å². The highest BCUT2D eigenvalue weighted by atomic mass is 19.3. The molecule has 1 aliphatic carbocycles. The Bertz CT molecular complexity index is 937. The number of carbonyl (C=O) groups is 1. The first-order chi connectivity index (χ1) is 13.7. The number of hydrogen-bond acceptors (Lipinski definition) is 2. The van der Waals surface area contributed by atoms with Crippen LogP contribution in [0.3, 0.4) is 0 Å². The van der Waals surface area contributed by atoms with Crippen molar-refractivity contribution < 1.29 is 26.7 Å². The molecule has 2 aromatic carbocycles. The molecule has 1 fully saturated rings. The van der Waals surface area contributed by atoms with Gasteiger partial charge in [-0.3, -0.25) is 4.79 Å². The fraction of sp³-hybridized carbons (Fsp3) is 0.381. The quantitative estimate of drug-likeness (QED) is 0.717. The summed E-state index contributed by atoms with van der Waals surface area (Å²) in [6, 6.07) is 6.98. The summed E-state index contributed by atoms with van der Waals surface area (Å²) in [4.78, 5) is 13.9. The summed E-state index contributed by atoms with van der Waals surface area (Å²) in [5.74, 6) is -6.05. The number of rotatable bonds is 4. The van der Waals surface area contributed by atoms with Crippen LogP contribution in [0.4, 0.5) is 33.3 Å². The average molecular weight is 410 g/mol. The summed E-state index contributed by atoms with van der Waals surface area (Å²) in [6.45, 7) is 0.657. The molecule has 0 bridgehead atoms. The first-order valence-electron chi connectivity index (χ1n) is 9.40. The molecule has 8 heteroatoms. The lowest BCUT2D eigenvalue weighted by Gasteiger charge is -2.34. The van der Waals surface area contributed by atoms with E-state index in [-0.39, 0.29) is 37.2 Å². The van der Waals surface area contributed by atoms with Crippen LogP contribution in [-0.4, -0.2) is 18.4 Å². The van der Waals surface area contributed by atoms with E-state index in [2.05, 4.69) is 5.32 Å². The maximum absolute atomic E-state index is 15.0. The van der Waals surface area contributed by atoms with Crippen molar-refractivity contribution in [1.82, 2.24) is 0 Å². The molecule has 29 heavy (non-hydrogen) atoms. The van der Waals surface area contributed by atoms with E-state index in [9.17, 15) is 22.4 Å². The Morgan fingerprint density at radius 2 is 1.83 bits per heavy atom. The van der Waals surface area contributed by atoms with Crippen LogP contribution in [0.1, 0.15) is 30.4 Å².